The molecular formula is C20H16O6. The van der Waals surface area contributed by atoms with E-state index in [-0.39, 0.29) is 16.9 Å². The first-order valence-corrected chi connectivity index (χ1v) is 7.89. The summed E-state index contributed by atoms with van der Waals surface area (Å²) in [4.78, 5) is 37.3. The van der Waals surface area contributed by atoms with Gasteiger partial charge >= 0.3 is 5.97 Å². The van der Waals surface area contributed by atoms with E-state index in [2.05, 4.69) is 4.74 Å². The van der Waals surface area contributed by atoms with E-state index < -0.39 is 29.7 Å². The molecule has 1 aliphatic rings. The highest BCUT2D eigenvalue weighted by molar-refractivity contribution is 6.33. The molecule has 0 saturated carbocycles. The van der Waals surface area contributed by atoms with Gasteiger partial charge in [-0.1, -0.05) is 60.7 Å². The number of methoxy groups -OCH3 is 1. The van der Waals surface area contributed by atoms with Crippen molar-refractivity contribution < 1.29 is 29.0 Å². The largest absolute Gasteiger partial charge is 0.469 e. The third-order valence-electron chi connectivity index (χ3n) is 3.99. The highest BCUT2D eigenvalue weighted by Gasteiger charge is 2.52. The van der Waals surface area contributed by atoms with Crippen LogP contribution in [0.15, 0.2) is 66.2 Å². The quantitative estimate of drug-likeness (QED) is 0.504. The SMILES string of the molecule is COC(=O)CC1(O)OC(c2ccccc2)=C(C(=O)c2ccccc2)C1=O. The molecule has 0 bridgehead atoms. The Hall–Kier alpha value is -3.25. The van der Waals surface area contributed by atoms with Gasteiger partial charge in [0.15, 0.2) is 0 Å². The fourth-order valence-electron chi connectivity index (χ4n) is 2.68. The molecule has 1 atom stereocenters. The number of carbonyl (C=O) groups excluding carboxylic acids is 3. The average Bonchev–Trinajstić information content (AvgIpc) is 2.93. The Kier molecular flexibility index (Phi) is 4.69. The number of aliphatic hydroxyl groups is 1. The van der Waals surface area contributed by atoms with Crippen molar-refractivity contribution in [1.82, 2.24) is 0 Å². The smallest absolute Gasteiger partial charge is 0.312 e. The molecule has 1 N–H and O–H groups in total. The highest BCUT2D eigenvalue weighted by atomic mass is 16.6. The van der Waals surface area contributed by atoms with E-state index in [4.69, 9.17) is 4.74 Å². The Morgan fingerprint density at radius 3 is 2.19 bits per heavy atom. The molecule has 0 radical (unpaired) electrons. The second kappa shape index (κ2) is 6.93. The van der Waals surface area contributed by atoms with Crippen LogP contribution in [0.4, 0.5) is 0 Å². The van der Waals surface area contributed by atoms with Gasteiger partial charge in [-0.2, -0.15) is 0 Å². The predicted molar refractivity (Wildman–Crippen MR) is 91.8 cm³/mol. The minimum absolute atomic E-state index is 0.0594. The van der Waals surface area contributed by atoms with E-state index in [0.717, 1.165) is 7.11 Å². The van der Waals surface area contributed by atoms with Crippen LogP contribution in [0.5, 0.6) is 0 Å². The van der Waals surface area contributed by atoms with Crippen molar-refractivity contribution in [2.45, 2.75) is 12.2 Å². The lowest BCUT2D eigenvalue weighted by molar-refractivity contribution is -0.181. The zero-order valence-electron chi connectivity index (χ0n) is 14.0. The molecule has 1 heterocycles. The van der Waals surface area contributed by atoms with Gasteiger partial charge in [0.2, 0.25) is 11.6 Å². The summed E-state index contributed by atoms with van der Waals surface area (Å²) < 4.78 is 9.95. The molecule has 1 unspecified atom stereocenters. The van der Waals surface area contributed by atoms with Crippen molar-refractivity contribution in [1.29, 1.82) is 0 Å². The molecule has 2 aromatic carbocycles. The van der Waals surface area contributed by atoms with E-state index in [0.29, 0.717) is 5.56 Å². The van der Waals surface area contributed by atoms with Crippen LogP contribution in [0, 0.1) is 0 Å². The molecule has 0 amide bonds. The number of hydrogen-bond donors (Lipinski definition) is 1. The van der Waals surface area contributed by atoms with Crippen LogP contribution in [0.1, 0.15) is 22.3 Å². The summed E-state index contributed by atoms with van der Waals surface area (Å²) in [7, 11) is 1.13. The first-order chi connectivity index (χ1) is 12.5. The third-order valence-corrected chi connectivity index (χ3v) is 3.99. The molecule has 0 spiro atoms. The summed E-state index contributed by atoms with van der Waals surface area (Å²) in [5, 5.41) is 10.6. The molecule has 132 valence electrons. The standard InChI is InChI=1S/C20H16O6/c1-25-15(21)12-20(24)19(23)16(17(22)13-8-4-2-5-9-13)18(26-20)14-10-6-3-7-11-14/h2-11,24H,12H2,1H3. The first-order valence-electron chi connectivity index (χ1n) is 7.89. The highest BCUT2D eigenvalue weighted by Crippen LogP contribution is 2.38. The molecule has 0 saturated heterocycles. The van der Waals surface area contributed by atoms with E-state index in [1.165, 1.54) is 0 Å². The van der Waals surface area contributed by atoms with Gasteiger partial charge in [0, 0.05) is 11.1 Å². The van der Waals surface area contributed by atoms with Gasteiger partial charge in [-0.25, -0.2) is 0 Å². The van der Waals surface area contributed by atoms with Crippen molar-refractivity contribution in [2.24, 2.45) is 0 Å². The lowest BCUT2D eigenvalue weighted by Gasteiger charge is -2.20. The van der Waals surface area contributed by atoms with Crippen molar-refractivity contribution in [3.63, 3.8) is 0 Å². The number of esters is 1. The number of ketones is 2. The molecule has 3 rings (SSSR count). The van der Waals surface area contributed by atoms with Gasteiger partial charge < -0.3 is 14.6 Å². The van der Waals surface area contributed by atoms with Gasteiger partial charge in [-0.05, 0) is 0 Å². The van der Waals surface area contributed by atoms with Gasteiger partial charge in [0.05, 0.1) is 7.11 Å². The molecule has 26 heavy (non-hydrogen) atoms. The summed E-state index contributed by atoms with van der Waals surface area (Å²) >= 11 is 0. The number of rotatable bonds is 5. The van der Waals surface area contributed by atoms with Crippen LogP contribution in [0.3, 0.4) is 0 Å². The number of hydrogen-bond acceptors (Lipinski definition) is 6. The molecule has 1 aliphatic heterocycles. The topological polar surface area (TPSA) is 89.9 Å². The zero-order valence-corrected chi connectivity index (χ0v) is 14.0. The second-order valence-corrected chi connectivity index (χ2v) is 5.73. The minimum Gasteiger partial charge on any atom is -0.469 e. The summed E-state index contributed by atoms with van der Waals surface area (Å²) in [5.41, 5.74) is 0.421. The molecular weight excluding hydrogens is 336 g/mol. The van der Waals surface area contributed by atoms with Gasteiger partial charge in [-0.3, -0.25) is 14.4 Å². The molecule has 6 nitrogen and oxygen atoms in total. The van der Waals surface area contributed by atoms with Gasteiger partial charge in [0.1, 0.15) is 17.8 Å². The van der Waals surface area contributed by atoms with Crippen LogP contribution < -0.4 is 0 Å². The van der Waals surface area contributed by atoms with E-state index in [1.807, 2.05) is 0 Å². The Bertz CT molecular complexity index is 885. The second-order valence-electron chi connectivity index (χ2n) is 5.73. The number of benzene rings is 2. The number of ether oxygens (including phenoxy) is 2. The van der Waals surface area contributed by atoms with Crippen molar-refractivity contribution in [3.05, 3.63) is 77.4 Å². The normalized spacial score (nSPS) is 19.2. The predicted octanol–water partition coefficient (Wildman–Crippen LogP) is 2.13. The van der Waals surface area contributed by atoms with Gasteiger partial charge in [0.25, 0.3) is 5.79 Å². The van der Waals surface area contributed by atoms with E-state index in [1.54, 1.807) is 60.7 Å². The van der Waals surface area contributed by atoms with Crippen LogP contribution in [0.2, 0.25) is 0 Å². The van der Waals surface area contributed by atoms with Crippen LogP contribution in [-0.4, -0.2) is 35.5 Å². The van der Waals surface area contributed by atoms with Crippen molar-refractivity contribution >= 4 is 23.3 Å². The van der Waals surface area contributed by atoms with Crippen LogP contribution >= 0.6 is 0 Å². The van der Waals surface area contributed by atoms with Crippen molar-refractivity contribution in [3.8, 4) is 0 Å². The lowest BCUT2D eigenvalue weighted by Crippen LogP contribution is -2.40. The molecule has 2 aromatic rings. The maximum Gasteiger partial charge on any atom is 0.312 e. The molecule has 6 heteroatoms. The Balaban J connectivity index is 2.09. The number of carbonyl (C=O) groups is 3. The summed E-state index contributed by atoms with van der Waals surface area (Å²) in [6, 6.07) is 16.6. The molecule has 0 fully saturated rings. The third kappa shape index (κ3) is 3.14. The Morgan fingerprint density at radius 2 is 1.62 bits per heavy atom. The minimum atomic E-state index is -2.47. The summed E-state index contributed by atoms with van der Waals surface area (Å²) in [6.07, 6.45) is -0.718. The molecule has 0 aromatic heterocycles. The average molecular weight is 352 g/mol. The maximum atomic E-state index is 12.9. The Morgan fingerprint density at radius 1 is 1.04 bits per heavy atom. The summed E-state index contributed by atoms with van der Waals surface area (Å²) in [5.74, 6) is -4.92. The number of Topliss-reactive ketones (excluding diaryl/α,β-unsaturated/α-hetero) is 2. The summed E-state index contributed by atoms with van der Waals surface area (Å²) in [6.45, 7) is 0. The van der Waals surface area contributed by atoms with E-state index in [9.17, 15) is 19.5 Å². The zero-order chi connectivity index (χ0) is 18.7. The lowest BCUT2D eigenvalue weighted by atomic mass is 9.94. The first kappa shape index (κ1) is 17.6. The molecule has 0 aliphatic carbocycles. The fraction of sp³-hybridized carbons (Fsp3) is 0.150. The van der Waals surface area contributed by atoms with Gasteiger partial charge in [-0.15, -0.1) is 0 Å². The maximum absolute atomic E-state index is 12.9. The van der Waals surface area contributed by atoms with Crippen molar-refractivity contribution in [2.75, 3.05) is 7.11 Å². The van der Waals surface area contributed by atoms with Crippen LogP contribution in [-0.2, 0) is 19.1 Å². The van der Waals surface area contributed by atoms with Crippen LogP contribution in [0.25, 0.3) is 5.76 Å². The van der Waals surface area contributed by atoms with E-state index >= 15 is 0 Å². The Labute approximate surface area is 149 Å². The fourth-order valence-corrected chi connectivity index (χ4v) is 2.68. The monoisotopic (exact) mass is 352 g/mol.